The molecule has 1 unspecified atom stereocenters. The molecule has 2 aromatic heterocycles. The average Bonchev–Trinajstić information content (AvgIpc) is 2.60. The van der Waals surface area contributed by atoms with E-state index in [4.69, 9.17) is 4.74 Å². The molecular weight excluding hydrogens is 358 g/mol. The van der Waals surface area contributed by atoms with Crippen LogP contribution in [0.25, 0.3) is 0 Å². The first-order chi connectivity index (χ1) is 12.8. The van der Waals surface area contributed by atoms with Crippen molar-refractivity contribution in [2.75, 3.05) is 11.9 Å². The lowest BCUT2D eigenvalue weighted by molar-refractivity contribution is -0.114. The smallest absolute Gasteiger partial charge is 0.272 e. The van der Waals surface area contributed by atoms with Crippen LogP contribution in [0.3, 0.4) is 0 Å². The van der Waals surface area contributed by atoms with Crippen molar-refractivity contribution in [2.24, 2.45) is 0 Å². The van der Waals surface area contributed by atoms with Gasteiger partial charge in [0.1, 0.15) is 5.82 Å². The fourth-order valence-electron chi connectivity index (χ4n) is 2.30. The van der Waals surface area contributed by atoms with Gasteiger partial charge in [-0.25, -0.2) is 18.7 Å². The van der Waals surface area contributed by atoms with E-state index in [1.54, 1.807) is 19.9 Å². The highest BCUT2D eigenvalue weighted by molar-refractivity contribution is 5.96. The number of carbonyl (C=O) groups is 2. The van der Waals surface area contributed by atoms with E-state index < -0.39 is 13.0 Å². The minimum Gasteiger partial charge on any atom is -0.471 e. The van der Waals surface area contributed by atoms with Crippen LogP contribution in [0.4, 0.5) is 14.6 Å². The lowest BCUT2D eigenvalue weighted by Crippen LogP contribution is -2.27. The summed E-state index contributed by atoms with van der Waals surface area (Å²) in [7, 11) is 0. The third kappa shape index (κ3) is 5.98. The van der Waals surface area contributed by atoms with E-state index in [1.807, 2.05) is 0 Å². The van der Waals surface area contributed by atoms with Crippen molar-refractivity contribution in [2.45, 2.75) is 33.2 Å². The number of nitrogens with zero attached hydrogens (tertiary/aromatic N) is 2. The number of aryl methyl sites for hydroxylation is 1. The summed E-state index contributed by atoms with van der Waals surface area (Å²) in [5, 5.41) is 5.32. The third-order valence-electron chi connectivity index (χ3n) is 3.57. The topological polar surface area (TPSA) is 93.2 Å². The summed E-state index contributed by atoms with van der Waals surface area (Å²) >= 11 is 0. The standard InChI is InChI=1S/C18H20F2N4O3/c1-10-6-14(8-22-18(10)27-9-15(19)20)11(2)23-17(26)13-4-5-21-16(7-13)24-12(3)25/h4-8,11,15H,9H2,1-3H3,(H,23,26)(H,21,24,25). The van der Waals surface area contributed by atoms with Crippen molar-refractivity contribution in [3.63, 3.8) is 0 Å². The Kier molecular flexibility index (Phi) is 6.75. The molecule has 2 amide bonds. The summed E-state index contributed by atoms with van der Waals surface area (Å²) in [5.74, 6) is -0.233. The molecule has 0 spiro atoms. The van der Waals surface area contributed by atoms with Crippen LogP contribution >= 0.6 is 0 Å². The second-order valence-corrected chi connectivity index (χ2v) is 5.90. The fraction of sp³-hybridized carbons (Fsp3) is 0.333. The van der Waals surface area contributed by atoms with Gasteiger partial charge in [0, 0.05) is 30.4 Å². The third-order valence-corrected chi connectivity index (χ3v) is 3.57. The minimum absolute atomic E-state index is 0.131. The van der Waals surface area contributed by atoms with Crippen LogP contribution in [0, 0.1) is 6.92 Å². The van der Waals surface area contributed by atoms with Gasteiger partial charge in [0.15, 0.2) is 6.61 Å². The van der Waals surface area contributed by atoms with E-state index in [-0.39, 0.29) is 29.6 Å². The Morgan fingerprint density at radius 2 is 2.00 bits per heavy atom. The molecule has 0 aliphatic heterocycles. The number of halogens is 2. The number of anilines is 1. The SMILES string of the molecule is CC(=O)Nc1cc(C(=O)NC(C)c2cnc(OCC(F)F)c(C)c2)ccn1. The maximum absolute atomic E-state index is 12.4. The quantitative estimate of drug-likeness (QED) is 0.773. The van der Waals surface area contributed by atoms with Gasteiger partial charge in [0.05, 0.1) is 6.04 Å². The first kappa shape index (κ1) is 20.2. The molecule has 0 aliphatic rings. The van der Waals surface area contributed by atoms with E-state index in [2.05, 4.69) is 20.6 Å². The highest BCUT2D eigenvalue weighted by atomic mass is 19.3. The van der Waals surface area contributed by atoms with Gasteiger partial charge in [0.2, 0.25) is 11.8 Å². The van der Waals surface area contributed by atoms with Gasteiger partial charge in [-0.05, 0) is 37.6 Å². The minimum atomic E-state index is -2.58. The molecule has 0 bridgehead atoms. The first-order valence-corrected chi connectivity index (χ1v) is 8.18. The second kappa shape index (κ2) is 9.02. The Balaban J connectivity index is 2.06. The first-order valence-electron chi connectivity index (χ1n) is 8.18. The predicted octanol–water partition coefficient (Wildman–Crippen LogP) is 2.88. The van der Waals surface area contributed by atoms with E-state index in [0.717, 1.165) is 0 Å². The van der Waals surface area contributed by atoms with E-state index in [9.17, 15) is 18.4 Å². The molecule has 0 saturated heterocycles. The van der Waals surface area contributed by atoms with Crippen LogP contribution in [0.1, 0.15) is 41.4 Å². The van der Waals surface area contributed by atoms with Gasteiger partial charge in [0.25, 0.3) is 12.3 Å². The maximum Gasteiger partial charge on any atom is 0.272 e. The lowest BCUT2D eigenvalue weighted by Gasteiger charge is -2.16. The average molecular weight is 378 g/mol. The lowest BCUT2D eigenvalue weighted by atomic mass is 10.1. The van der Waals surface area contributed by atoms with Gasteiger partial charge in [-0.1, -0.05) is 0 Å². The molecule has 0 fully saturated rings. The highest BCUT2D eigenvalue weighted by Crippen LogP contribution is 2.20. The summed E-state index contributed by atoms with van der Waals surface area (Å²) in [6.45, 7) is 4.08. The van der Waals surface area contributed by atoms with Crippen LogP contribution in [-0.2, 0) is 4.79 Å². The van der Waals surface area contributed by atoms with E-state index >= 15 is 0 Å². The molecule has 2 aromatic rings. The van der Waals surface area contributed by atoms with Gasteiger partial charge in [-0.15, -0.1) is 0 Å². The predicted molar refractivity (Wildman–Crippen MR) is 94.9 cm³/mol. The van der Waals surface area contributed by atoms with Crippen LogP contribution in [0.15, 0.2) is 30.6 Å². The summed E-state index contributed by atoms with van der Waals surface area (Å²) in [6, 6.07) is 4.32. The Morgan fingerprint density at radius 1 is 1.26 bits per heavy atom. The second-order valence-electron chi connectivity index (χ2n) is 5.90. The number of alkyl halides is 2. The van der Waals surface area contributed by atoms with Crippen molar-refractivity contribution in [3.8, 4) is 5.88 Å². The van der Waals surface area contributed by atoms with Crippen molar-refractivity contribution in [1.29, 1.82) is 0 Å². The molecule has 7 nitrogen and oxygen atoms in total. The normalized spacial score (nSPS) is 11.8. The summed E-state index contributed by atoms with van der Waals surface area (Å²) in [5.41, 5.74) is 1.62. The zero-order valence-corrected chi connectivity index (χ0v) is 15.1. The molecule has 1 atom stereocenters. The molecule has 9 heteroatoms. The van der Waals surface area contributed by atoms with E-state index in [1.165, 1.54) is 31.5 Å². The number of pyridine rings is 2. The van der Waals surface area contributed by atoms with Crippen molar-refractivity contribution in [3.05, 3.63) is 47.3 Å². The summed E-state index contributed by atoms with van der Waals surface area (Å²) < 4.78 is 29.4. The molecule has 0 aromatic carbocycles. The zero-order chi connectivity index (χ0) is 20.0. The molecular formula is C18H20F2N4O3. The summed E-state index contributed by atoms with van der Waals surface area (Å²) in [6.07, 6.45) is 0.312. The van der Waals surface area contributed by atoms with Crippen molar-refractivity contribution in [1.82, 2.24) is 15.3 Å². The zero-order valence-electron chi connectivity index (χ0n) is 15.1. The largest absolute Gasteiger partial charge is 0.471 e. The van der Waals surface area contributed by atoms with Gasteiger partial charge in [-0.2, -0.15) is 0 Å². The number of nitrogens with one attached hydrogen (secondary N) is 2. The number of aromatic nitrogens is 2. The number of hydrogen-bond donors (Lipinski definition) is 2. The Morgan fingerprint density at radius 3 is 2.63 bits per heavy atom. The molecule has 0 radical (unpaired) electrons. The summed E-state index contributed by atoms with van der Waals surface area (Å²) in [4.78, 5) is 31.5. The Hall–Kier alpha value is -3.10. The highest BCUT2D eigenvalue weighted by Gasteiger charge is 2.15. The van der Waals surface area contributed by atoms with Gasteiger partial charge >= 0.3 is 0 Å². The van der Waals surface area contributed by atoms with E-state index in [0.29, 0.717) is 16.7 Å². The van der Waals surface area contributed by atoms with Crippen LogP contribution in [-0.4, -0.2) is 34.8 Å². The molecule has 144 valence electrons. The van der Waals surface area contributed by atoms with Crippen LogP contribution in [0.2, 0.25) is 0 Å². The Bertz CT molecular complexity index is 830. The van der Waals surface area contributed by atoms with Gasteiger partial charge < -0.3 is 15.4 Å². The number of amides is 2. The molecule has 0 aliphatic carbocycles. The molecule has 2 N–H and O–H groups in total. The number of hydrogen-bond acceptors (Lipinski definition) is 5. The monoisotopic (exact) mass is 378 g/mol. The van der Waals surface area contributed by atoms with Crippen molar-refractivity contribution >= 4 is 17.6 Å². The number of rotatable bonds is 7. The molecule has 2 heterocycles. The fourth-order valence-corrected chi connectivity index (χ4v) is 2.30. The number of ether oxygens (including phenoxy) is 1. The molecule has 27 heavy (non-hydrogen) atoms. The number of carbonyl (C=O) groups excluding carboxylic acids is 2. The maximum atomic E-state index is 12.4. The Labute approximate surface area is 155 Å². The van der Waals surface area contributed by atoms with Crippen molar-refractivity contribution < 1.29 is 23.1 Å². The van der Waals surface area contributed by atoms with Gasteiger partial charge in [-0.3, -0.25) is 9.59 Å². The van der Waals surface area contributed by atoms with Crippen LogP contribution in [0.5, 0.6) is 5.88 Å². The van der Waals surface area contributed by atoms with Crippen LogP contribution < -0.4 is 15.4 Å². The molecule has 2 rings (SSSR count). The molecule has 0 saturated carbocycles.